The van der Waals surface area contributed by atoms with Gasteiger partial charge in [0.25, 0.3) is 0 Å². The Bertz CT molecular complexity index is 504. The molecule has 2 nitrogen and oxygen atoms in total. The normalized spacial score (nSPS) is 24.1. The van der Waals surface area contributed by atoms with E-state index in [4.69, 9.17) is 0 Å². The van der Waals surface area contributed by atoms with E-state index in [1.165, 1.54) is 24.5 Å². The summed E-state index contributed by atoms with van der Waals surface area (Å²) in [5, 5.41) is 0. The SMILES string of the molecule is CC(=O)C(=O)C1CCCCC1C(C)c1ccccc1C. The summed E-state index contributed by atoms with van der Waals surface area (Å²) in [7, 11) is 0. The highest BCUT2D eigenvalue weighted by atomic mass is 16.2. The molecular weight excluding hydrogens is 248 g/mol. The number of carbonyl (C=O) groups excluding carboxylic acids is 2. The molecule has 0 aliphatic heterocycles. The van der Waals surface area contributed by atoms with Crippen LogP contribution in [0.3, 0.4) is 0 Å². The fraction of sp³-hybridized carbons (Fsp3) is 0.556. The van der Waals surface area contributed by atoms with Gasteiger partial charge in [-0.1, -0.05) is 44.0 Å². The van der Waals surface area contributed by atoms with Crippen molar-refractivity contribution < 1.29 is 9.59 Å². The maximum atomic E-state index is 12.2. The molecule has 0 heterocycles. The summed E-state index contributed by atoms with van der Waals surface area (Å²) in [6.45, 7) is 5.74. The molecule has 0 bridgehead atoms. The third-order valence-corrected chi connectivity index (χ3v) is 4.82. The number of carbonyl (C=O) groups is 2. The molecule has 108 valence electrons. The number of Topliss-reactive ketones (excluding diaryl/α,β-unsaturated/α-hetero) is 2. The van der Waals surface area contributed by atoms with Crippen LogP contribution in [0.1, 0.15) is 56.6 Å². The van der Waals surface area contributed by atoms with Gasteiger partial charge >= 0.3 is 0 Å². The minimum Gasteiger partial charge on any atom is -0.291 e. The molecule has 1 fully saturated rings. The first-order chi connectivity index (χ1) is 9.52. The fourth-order valence-electron chi connectivity index (χ4n) is 3.67. The number of ketones is 2. The molecule has 1 saturated carbocycles. The minimum atomic E-state index is -0.279. The van der Waals surface area contributed by atoms with Crippen molar-refractivity contribution >= 4 is 11.6 Å². The second kappa shape index (κ2) is 6.34. The van der Waals surface area contributed by atoms with E-state index in [2.05, 4.69) is 32.0 Å². The van der Waals surface area contributed by atoms with Gasteiger partial charge in [0.2, 0.25) is 5.78 Å². The van der Waals surface area contributed by atoms with Crippen molar-refractivity contribution in [3.05, 3.63) is 35.4 Å². The molecular formula is C18H24O2. The lowest BCUT2D eigenvalue weighted by molar-refractivity contribution is -0.139. The van der Waals surface area contributed by atoms with Gasteiger partial charge in [-0.05, 0) is 42.7 Å². The van der Waals surface area contributed by atoms with Crippen molar-refractivity contribution in [3.8, 4) is 0 Å². The van der Waals surface area contributed by atoms with Gasteiger partial charge in [-0.2, -0.15) is 0 Å². The van der Waals surface area contributed by atoms with Crippen LogP contribution in [-0.4, -0.2) is 11.6 Å². The zero-order valence-corrected chi connectivity index (χ0v) is 12.7. The highest BCUT2D eigenvalue weighted by Gasteiger charge is 2.36. The number of benzene rings is 1. The second-order valence-electron chi connectivity index (χ2n) is 6.12. The van der Waals surface area contributed by atoms with E-state index in [-0.39, 0.29) is 17.5 Å². The minimum absolute atomic E-state index is 0.0733. The molecule has 0 aromatic heterocycles. The smallest absolute Gasteiger partial charge is 0.201 e. The molecule has 0 amide bonds. The van der Waals surface area contributed by atoms with E-state index in [9.17, 15) is 9.59 Å². The summed E-state index contributed by atoms with van der Waals surface area (Å²) in [6.07, 6.45) is 4.17. The largest absolute Gasteiger partial charge is 0.291 e. The maximum absolute atomic E-state index is 12.2. The topological polar surface area (TPSA) is 34.1 Å². The third kappa shape index (κ3) is 3.00. The van der Waals surface area contributed by atoms with Crippen LogP contribution in [0.4, 0.5) is 0 Å². The summed E-state index contributed by atoms with van der Waals surface area (Å²) in [4.78, 5) is 23.6. The Morgan fingerprint density at radius 3 is 2.45 bits per heavy atom. The van der Waals surface area contributed by atoms with Gasteiger partial charge in [0.15, 0.2) is 5.78 Å². The van der Waals surface area contributed by atoms with Gasteiger partial charge in [-0.15, -0.1) is 0 Å². The fourth-order valence-corrected chi connectivity index (χ4v) is 3.67. The Hall–Kier alpha value is -1.44. The predicted molar refractivity (Wildman–Crippen MR) is 80.7 cm³/mol. The second-order valence-corrected chi connectivity index (χ2v) is 6.12. The molecule has 0 saturated heterocycles. The van der Waals surface area contributed by atoms with Crippen LogP contribution >= 0.6 is 0 Å². The van der Waals surface area contributed by atoms with Crippen LogP contribution < -0.4 is 0 Å². The molecule has 3 unspecified atom stereocenters. The molecule has 1 aliphatic rings. The molecule has 0 spiro atoms. The van der Waals surface area contributed by atoms with Crippen LogP contribution in [0.25, 0.3) is 0 Å². The van der Waals surface area contributed by atoms with E-state index < -0.39 is 0 Å². The summed E-state index contributed by atoms with van der Waals surface area (Å²) in [5.41, 5.74) is 2.60. The Morgan fingerprint density at radius 2 is 1.80 bits per heavy atom. The van der Waals surface area contributed by atoms with Crippen LogP contribution in [0, 0.1) is 18.8 Å². The number of hydrogen-bond acceptors (Lipinski definition) is 2. The standard InChI is InChI=1S/C18H24O2/c1-12-8-4-5-9-15(12)13(2)16-10-6-7-11-17(16)18(20)14(3)19/h4-5,8-9,13,16-17H,6-7,10-11H2,1-3H3. The Balaban J connectivity index is 2.26. The van der Waals surface area contributed by atoms with Crippen molar-refractivity contribution in [1.29, 1.82) is 0 Å². The van der Waals surface area contributed by atoms with E-state index >= 15 is 0 Å². The lowest BCUT2D eigenvalue weighted by Crippen LogP contribution is -2.34. The van der Waals surface area contributed by atoms with E-state index in [0.717, 1.165) is 19.3 Å². The molecule has 0 N–H and O–H groups in total. The zero-order valence-electron chi connectivity index (χ0n) is 12.7. The van der Waals surface area contributed by atoms with Gasteiger partial charge in [0.1, 0.15) is 0 Å². The van der Waals surface area contributed by atoms with Crippen LogP contribution in [0.2, 0.25) is 0 Å². The Labute approximate surface area is 121 Å². The highest BCUT2D eigenvalue weighted by Crippen LogP contribution is 2.41. The number of aryl methyl sites for hydroxylation is 1. The van der Waals surface area contributed by atoms with Gasteiger partial charge in [-0.25, -0.2) is 0 Å². The molecule has 3 atom stereocenters. The first kappa shape index (κ1) is 15.0. The van der Waals surface area contributed by atoms with Gasteiger partial charge in [-0.3, -0.25) is 9.59 Å². The van der Waals surface area contributed by atoms with Crippen molar-refractivity contribution in [2.24, 2.45) is 11.8 Å². The van der Waals surface area contributed by atoms with Gasteiger partial charge in [0.05, 0.1) is 0 Å². The quantitative estimate of drug-likeness (QED) is 0.774. The molecule has 1 aromatic carbocycles. The first-order valence-electron chi connectivity index (χ1n) is 7.62. The van der Waals surface area contributed by atoms with Gasteiger partial charge in [0, 0.05) is 12.8 Å². The van der Waals surface area contributed by atoms with Crippen molar-refractivity contribution in [3.63, 3.8) is 0 Å². The molecule has 2 rings (SSSR count). The highest BCUT2D eigenvalue weighted by molar-refractivity contribution is 6.37. The summed E-state index contributed by atoms with van der Waals surface area (Å²) in [6, 6.07) is 8.38. The van der Waals surface area contributed by atoms with Crippen LogP contribution in [-0.2, 0) is 9.59 Å². The number of hydrogen-bond donors (Lipinski definition) is 0. The van der Waals surface area contributed by atoms with Crippen LogP contribution in [0.5, 0.6) is 0 Å². The third-order valence-electron chi connectivity index (χ3n) is 4.82. The van der Waals surface area contributed by atoms with Crippen molar-refractivity contribution in [1.82, 2.24) is 0 Å². The van der Waals surface area contributed by atoms with Crippen molar-refractivity contribution in [2.75, 3.05) is 0 Å². The van der Waals surface area contributed by atoms with E-state index in [1.807, 2.05) is 6.07 Å². The number of rotatable bonds is 4. The summed E-state index contributed by atoms with van der Waals surface area (Å²) < 4.78 is 0. The van der Waals surface area contributed by atoms with Crippen LogP contribution in [0.15, 0.2) is 24.3 Å². The monoisotopic (exact) mass is 272 g/mol. The summed E-state index contributed by atoms with van der Waals surface area (Å²) in [5.74, 6) is 0.135. The molecule has 0 radical (unpaired) electrons. The first-order valence-corrected chi connectivity index (χ1v) is 7.62. The predicted octanol–water partition coefficient (Wildman–Crippen LogP) is 4.06. The summed E-state index contributed by atoms with van der Waals surface area (Å²) >= 11 is 0. The molecule has 1 aromatic rings. The average molecular weight is 272 g/mol. The Morgan fingerprint density at radius 1 is 1.15 bits per heavy atom. The Kier molecular flexibility index (Phi) is 4.74. The van der Waals surface area contributed by atoms with Gasteiger partial charge < -0.3 is 0 Å². The lowest BCUT2D eigenvalue weighted by Gasteiger charge is -2.35. The molecule has 2 heteroatoms. The molecule has 1 aliphatic carbocycles. The van der Waals surface area contributed by atoms with E-state index in [1.54, 1.807) is 0 Å². The van der Waals surface area contributed by atoms with E-state index in [0.29, 0.717) is 11.8 Å². The lowest BCUT2D eigenvalue weighted by atomic mass is 9.68. The van der Waals surface area contributed by atoms with Crippen molar-refractivity contribution in [2.45, 2.75) is 52.4 Å². The molecule has 20 heavy (non-hydrogen) atoms. The average Bonchev–Trinajstić information content (AvgIpc) is 2.46. The zero-order chi connectivity index (χ0) is 14.7. The maximum Gasteiger partial charge on any atom is 0.201 e.